The first-order chi connectivity index (χ1) is 9.99. The average molecular weight is 330 g/mol. The van der Waals surface area contributed by atoms with Gasteiger partial charge in [-0.05, 0) is 49.2 Å². The molecule has 5 heteroatoms. The summed E-state index contributed by atoms with van der Waals surface area (Å²) in [6.45, 7) is 0. The van der Waals surface area contributed by atoms with Crippen LogP contribution in [0.1, 0.15) is 11.1 Å². The molecule has 0 aliphatic heterocycles. The van der Waals surface area contributed by atoms with Crippen molar-refractivity contribution >= 4 is 23.2 Å². The average Bonchev–Trinajstić information content (AvgIpc) is 2.43. The molecule has 2 aromatic carbocycles. The van der Waals surface area contributed by atoms with E-state index < -0.39 is 11.6 Å². The van der Waals surface area contributed by atoms with E-state index >= 15 is 0 Å². The highest BCUT2D eigenvalue weighted by molar-refractivity contribution is 6.35. The molecule has 1 nitrogen and oxygen atoms in total. The highest BCUT2D eigenvalue weighted by Gasteiger charge is 2.14. The largest absolute Gasteiger partial charge is 0.316 e. The van der Waals surface area contributed by atoms with Crippen molar-refractivity contribution in [3.05, 3.63) is 69.2 Å². The van der Waals surface area contributed by atoms with Crippen LogP contribution in [0.25, 0.3) is 0 Å². The minimum atomic E-state index is -0.571. The van der Waals surface area contributed by atoms with E-state index in [0.717, 1.165) is 11.6 Å². The third kappa shape index (κ3) is 4.40. The van der Waals surface area contributed by atoms with Gasteiger partial charge in [0.2, 0.25) is 0 Å². The first-order valence-corrected chi connectivity index (χ1v) is 7.30. The second-order valence-corrected chi connectivity index (χ2v) is 5.71. The van der Waals surface area contributed by atoms with Gasteiger partial charge in [-0.2, -0.15) is 0 Å². The van der Waals surface area contributed by atoms with Crippen LogP contribution in [0.3, 0.4) is 0 Å². The summed E-state index contributed by atoms with van der Waals surface area (Å²) in [5, 5.41) is 4.29. The van der Waals surface area contributed by atoms with Crippen LogP contribution in [-0.4, -0.2) is 13.1 Å². The quantitative estimate of drug-likeness (QED) is 0.842. The van der Waals surface area contributed by atoms with Crippen molar-refractivity contribution in [3.63, 3.8) is 0 Å². The molecule has 0 aromatic heterocycles. The van der Waals surface area contributed by atoms with Crippen molar-refractivity contribution in [2.24, 2.45) is 0 Å². The molecule has 0 radical (unpaired) electrons. The first kappa shape index (κ1) is 16.2. The zero-order valence-electron chi connectivity index (χ0n) is 11.5. The molecule has 1 unspecified atom stereocenters. The molecule has 2 aromatic rings. The Balaban J connectivity index is 2.13. The fraction of sp³-hybridized carbons (Fsp3) is 0.250. The second-order valence-electron chi connectivity index (χ2n) is 4.87. The van der Waals surface area contributed by atoms with Crippen molar-refractivity contribution in [2.75, 3.05) is 7.05 Å². The maximum Gasteiger partial charge on any atom is 0.129 e. The van der Waals surface area contributed by atoms with Gasteiger partial charge in [0.05, 0.1) is 0 Å². The minimum absolute atomic E-state index is 0.0105. The van der Waals surface area contributed by atoms with Crippen LogP contribution in [0.5, 0.6) is 0 Å². The number of hydrogen-bond acceptors (Lipinski definition) is 1. The number of hydrogen-bond donors (Lipinski definition) is 1. The summed E-state index contributed by atoms with van der Waals surface area (Å²) < 4.78 is 26.6. The second kappa shape index (κ2) is 7.21. The fourth-order valence-electron chi connectivity index (χ4n) is 2.18. The number of benzene rings is 2. The van der Waals surface area contributed by atoms with Gasteiger partial charge >= 0.3 is 0 Å². The summed E-state index contributed by atoms with van der Waals surface area (Å²) in [4.78, 5) is 0. The van der Waals surface area contributed by atoms with Gasteiger partial charge in [-0.1, -0.05) is 35.3 Å². The normalized spacial score (nSPS) is 12.4. The topological polar surface area (TPSA) is 12.0 Å². The van der Waals surface area contributed by atoms with Gasteiger partial charge in [-0.25, -0.2) is 8.78 Å². The molecule has 21 heavy (non-hydrogen) atoms. The maximum absolute atomic E-state index is 13.7. The molecular weight excluding hydrogens is 315 g/mol. The highest BCUT2D eigenvalue weighted by atomic mass is 35.5. The summed E-state index contributed by atoms with van der Waals surface area (Å²) in [5.74, 6) is -1.10. The number of rotatable bonds is 5. The zero-order valence-corrected chi connectivity index (χ0v) is 13.0. The van der Waals surface area contributed by atoms with Gasteiger partial charge in [0, 0.05) is 22.2 Å². The van der Waals surface area contributed by atoms with E-state index in [-0.39, 0.29) is 6.04 Å². The monoisotopic (exact) mass is 329 g/mol. The Bertz CT molecular complexity index is 578. The molecule has 0 fully saturated rings. The van der Waals surface area contributed by atoms with E-state index in [1.54, 1.807) is 19.2 Å². The third-order valence-corrected chi connectivity index (χ3v) is 3.96. The van der Waals surface area contributed by atoms with Crippen molar-refractivity contribution in [3.8, 4) is 0 Å². The van der Waals surface area contributed by atoms with E-state index in [1.165, 1.54) is 12.1 Å². The van der Waals surface area contributed by atoms with Crippen molar-refractivity contribution in [1.82, 2.24) is 5.32 Å². The molecule has 1 N–H and O–H groups in total. The van der Waals surface area contributed by atoms with Crippen molar-refractivity contribution < 1.29 is 8.78 Å². The van der Waals surface area contributed by atoms with E-state index in [2.05, 4.69) is 5.32 Å². The Hall–Kier alpha value is -1.16. The van der Waals surface area contributed by atoms with Crippen LogP contribution in [0.2, 0.25) is 10.0 Å². The third-order valence-electron chi connectivity index (χ3n) is 3.37. The molecule has 0 bridgehead atoms. The lowest BCUT2D eigenvalue weighted by Crippen LogP contribution is -2.30. The van der Waals surface area contributed by atoms with Crippen LogP contribution in [0.15, 0.2) is 36.4 Å². The molecule has 0 aliphatic rings. The van der Waals surface area contributed by atoms with Gasteiger partial charge in [0.1, 0.15) is 11.6 Å². The molecule has 0 saturated heterocycles. The zero-order chi connectivity index (χ0) is 15.4. The molecule has 0 heterocycles. The lowest BCUT2D eigenvalue weighted by molar-refractivity contribution is 0.524. The molecule has 2 rings (SSSR count). The SMILES string of the molecule is CNC(Cc1ccc(F)cc1F)Cc1ccc(Cl)cc1Cl. The predicted molar refractivity (Wildman–Crippen MR) is 83.1 cm³/mol. The Morgan fingerprint density at radius 3 is 2.29 bits per heavy atom. The Morgan fingerprint density at radius 2 is 1.67 bits per heavy atom. The van der Waals surface area contributed by atoms with Gasteiger partial charge in [0.15, 0.2) is 0 Å². The predicted octanol–water partition coefficient (Wildman–Crippen LogP) is 4.64. The molecule has 0 amide bonds. The van der Waals surface area contributed by atoms with E-state index in [9.17, 15) is 8.78 Å². The van der Waals surface area contributed by atoms with Crippen LogP contribution in [0.4, 0.5) is 8.78 Å². The first-order valence-electron chi connectivity index (χ1n) is 6.54. The van der Waals surface area contributed by atoms with Gasteiger partial charge in [0.25, 0.3) is 0 Å². The summed E-state index contributed by atoms with van der Waals surface area (Å²) >= 11 is 12.0. The smallest absolute Gasteiger partial charge is 0.129 e. The van der Waals surface area contributed by atoms with Crippen molar-refractivity contribution in [1.29, 1.82) is 0 Å². The lowest BCUT2D eigenvalue weighted by Gasteiger charge is -2.17. The van der Waals surface area contributed by atoms with Crippen LogP contribution < -0.4 is 5.32 Å². The van der Waals surface area contributed by atoms with Crippen LogP contribution in [-0.2, 0) is 12.8 Å². The molecule has 0 aliphatic carbocycles. The number of nitrogens with one attached hydrogen (secondary N) is 1. The number of likely N-dealkylation sites (N-methyl/N-ethyl adjacent to an activating group) is 1. The van der Waals surface area contributed by atoms with Gasteiger partial charge < -0.3 is 5.32 Å². The van der Waals surface area contributed by atoms with E-state index in [4.69, 9.17) is 23.2 Å². The molecule has 0 spiro atoms. The molecule has 0 saturated carbocycles. The molecule has 1 atom stereocenters. The Kier molecular flexibility index (Phi) is 5.57. The summed E-state index contributed by atoms with van der Waals surface area (Å²) in [5.41, 5.74) is 1.41. The fourth-order valence-corrected chi connectivity index (χ4v) is 2.67. The van der Waals surface area contributed by atoms with Crippen molar-refractivity contribution in [2.45, 2.75) is 18.9 Å². The highest BCUT2D eigenvalue weighted by Crippen LogP contribution is 2.23. The lowest BCUT2D eigenvalue weighted by atomic mass is 9.98. The molecular formula is C16H15Cl2F2N. The summed E-state index contributed by atoms with van der Waals surface area (Å²) in [7, 11) is 1.80. The summed E-state index contributed by atoms with van der Waals surface area (Å²) in [6, 6.07) is 8.94. The standard InChI is InChI=1S/C16H15Cl2F2N/c1-21-14(6-10-2-4-12(17)8-15(10)18)7-11-3-5-13(19)9-16(11)20/h2-5,8-9,14,21H,6-7H2,1H3. The van der Waals surface area contributed by atoms with Gasteiger partial charge in [-0.3, -0.25) is 0 Å². The van der Waals surface area contributed by atoms with Gasteiger partial charge in [-0.15, -0.1) is 0 Å². The molecule has 112 valence electrons. The van der Waals surface area contributed by atoms with E-state index in [0.29, 0.717) is 28.5 Å². The van der Waals surface area contributed by atoms with Crippen LogP contribution >= 0.6 is 23.2 Å². The Labute approximate surface area is 132 Å². The van der Waals surface area contributed by atoms with Crippen LogP contribution in [0, 0.1) is 11.6 Å². The summed E-state index contributed by atoms with van der Waals surface area (Å²) in [6.07, 6.45) is 1.07. The van der Waals surface area contributed by atoms with E-state index in [1.807, 2.05) is 6.07 Å². The number of halogens is 4. The minimum Gasteiger partial charge on any atom is -0.316 e. The Morgan fingerprint density at radius 1 is 1.00 bits per heavy atom. The maximum atomic E-state index is 13.7.